The molecule has 1 aromatic carbocycles. The zero-order valence-corrected chi connectivity index (χ0v) is 13.5. The Morgan fingerprint density at radius 1 is 1.24 bits per heavy atom. The van der Waals surface area contributed by atoms with E-state index in [1.54, 1.807) is 17.1 Å². The number of aliphatic hydroxyl groups is 1. The molecule has 0 saturated carbocycles. The molecule has 3 N–H and O–H groups in total. The molecule has 0 unspecified atom stereocenters. The number of H-pyrrole nitrogens is 1. The highest BCUT2D eigenvalue weighted by atomic mass is 16.3. The van der Waals surface area contributed by atoms with Gasteiger partial charge in [0.05, 0.1) is 12.6 Å². The molecule has 3 heterocycles. The van der Waals surface area contributed by atoms with Crippen LogP contribution in [0.2, 0.25) is 0 Å². The Morgan fingerprint density at radius 3 is 3.00 bits per heavy atom. The largest absolute Gasteiger partial charge is 0.394 e. The molecule has 25 heavy (non-hydrogen) atoms. The van der Waals surface area contributed by atoms with Gasteiger partial charge in [0.1, 0.15) is 24.3 Å². The molecular formula is C18H18N6O. The number of nitrogens with zero attached hydrogens (tertiary/aromatic N) is 4. The van der Waals surface area contributed by atoms with E-state index in [0.29, 0.717) is 12.2 Å². The number of fused-ring (bicyclic) bond motifs is 1. The van der Waals surface area contributed by atoms with Crippen molar-refractivity contribution in [1.82, 2.24) is 24.5 Å². The van der Waals surface area contributed by atoms with Gasteiger partial charge in [0.2, 0.25) is 0 Å². The Labute approximate surface area is 144 Å². The molecule has 0 aliphatic heterocycles. The summed E-state index contributed by atoms with van der Waals surface area (Å²) in [5, 5.41) is 14.2. The summed E-state index contributed by atoms with van der Waals surface area (Å²) in [6, 6.07) is 9.83. The SMILES string of the molecule is OC[C@H](Cc1c[nH]c2ccccc12)Nc1cc(-n2ccnc2)ncn1. The number of aromatic nitrogens is 5. The summed E-state index contributed by atoms with van der Waals surface area (Å²) in [5.41, 5.74) is 2.25. The molecule has 7 nitrogen and oxygen atoms in total. The molecule has 126 valence electrons. The van der Waals surface area contributed by atoms with Crippen molar-refractivity contribution in [3.63, 3.8) is 0 Å². The van der Waals surface area contributed by atoms with Gasteiger partial charge in [0.15, 0.2) is 0 Å². The molecule has 1 atom stereocenters. The molecule has 0 saturated heterocycles. The molecule has 0 aliphatic carbocycles. The standard InChI is InChI=1S/C18H18N6O/c25-10-14(7-13-9-20-16-4-2-1-3-15(13)16)23-17-8-18(22-11-21-17)24-6-5-19-12-24/h1-6,8-9,11-12,14,20,25H,7,10H2,(H,21,22,23)/t14-/m0/s1. The lowest BCUT2D eigenvalue weighted by Gasteiger charge is -2.17. The van der Waals surface area contributed by atoms with E-state index in [2.05, 4.69) is 31.3 Å². The van der Waals surface area contributed by atoms with E-state index in [0.717, 1.165) is 16.9 Å². The maximum absolute atomic E-state index is 9.78. The first-order valence-electron chi connectivity index (χ1n) is 8.06. The number of imidazole rings is 1. The van der Waals surface area contributed by atoms with Gasteiger partial charge in [0.25, 0.3) is 0 Å². The van der Waals surface area contributed by atoms with Crippen LogP contribution in [0.15, 0.2) is 61.6 Å². The number of rotatable bonds is 6. The van der Waals surface area contributed by atoms with E-state index in [9.17, 15) is 5.11 Å². The number of anilines is 1. The van der Waals surface area contributed by atoms with Crippen LogP contribution in [0.1, 0.15) is 5.56 Å². The summed E-state index contributed by atoms with van der Waals surface area (Å²) >= 11 is 0. The summed E-state index contributed by atoms with van der Waals surface area (Å²) < 4.78 is 1.81. The molecule has 0 amide bonds. The molecule has 0 radical (unpaired) electrons. The van der Waals surface area contributed by atoms with Gasteiger partial charge in [-0.3, -0.25) is 4.57 Å². The number of benzene rings is 1. The Bertz CT molecular complexity index is 963. The first-order chi connectivity index (χ1) is 12.3. The van der Waals surface area contributed by atoms with Crippen molar-refractivity contribution in [1.29, 1.82) is 0 Å². The normalized spacial score (nSPS) is 12.4. The lowest BCUT2D eigenvalue weighted by Crippen LogP contribution is -2.27. The fourth-order valence-corrected chi connectivity index (χ4v) is 2.90. The Kier molecular flexibility index (Phi) is 4.14. The zero-order valence-electron chi connectivity index (χ0n) is 13.5. The summed E-state index contributed by atoms with van der Waals surface area (Å²) in [7, 11) is 0. The highest BCUT2D eigenvalue weighted by Crippen LogP contribution is 2.20. The third-order valence-corrected chi connectivity index (χ3v) is 4.14. The Morgan fingerprint density at radius 2 is 2.16 bits per heavy atom. The van der Waals surface area contributed by atoms with Crippen LogP contribution < -0.4 is 5.32 Å². The summed E-state index contributed by atoms with van der Waals surface area (Å²) in [4.78, 5) is 15.8. The van der Waals surface area contributed by atoms with Crippen molar-refractivity contribution in [2.75, 3.05) is 11.9 Å². The van der Waals surface area contributed by atoms with Gasteiger partial charge in [-0.2, -0.15) is 0 Å². The molecule has 0 aliphatic rings. The minimum absolute atomic E-state index is 0.00389. The molecule has 4 aromatic rings. The van der Waals surface area contributed by atoms with Crippen LogP contribution >= 0.6 is 0 Å². The van der Waals surface area contributed by atoms with Gasteiger partial charge in [0, 0.05) is 35.6 Å². The minimum atomic E-state index is -0.148. The number of aromatic amines is 1. The average Bonchev–Trinajstić information content (AvgIpc) is 3.32. The predicted molar refractivity (Wildman–Crippen MR) is 95.7 cm³/mol. The number of nitrogens with one attached hydrogen (secondary N) is 2. The third-order valence-electron chi connectivity index (χ3n) is 4.14. The van der Waals surface area contributed by atoms with Crippen molar-refractivity contribution in [3.8, 4) is 5.82 Å². The van der Waals surface area contributed by atoms with Crippen LogP contribution in [0.5, 0.6) is 0 Å². The maximum atomic E-state index is 9.78. The number of para-hydroxylation sites is 1. The summed E-state index contributed by atoms with van der Waals surface area (Å²) in [6.07, 6.45) is 9.38. The topological polar surface area (TPSA) is 91.7 Å². The molecule has 0 fully saturated rings. The van der Waals surface area contributed by atoms with Crippen LogP contribution in [0.4, 0.5) is 5.82 Å². The number of hydrogen-bond donors (Lipinski definition) is 3. The minimum Gasteiger partial charge on any atom is -0.394 e. The van der Waals surface area contributed by atoms with E-state index < -0.39 is 0 Å². The fraction of sp³-hybridized carbons (Fsp3) is 0.167. The Hall–Kier alpha value is -3.19. The molecular weight excluding hydrogens is 316 g/mol. The van der Waals surface area contributed by atoms with Crippen molar-refractivity contribution in [2.45, 2.75) is 12.5 Å². The highest BCUT2D eigenvalue weighted by Gasteiger charge is 2.13. The van der Waals surface area contributed by atoms with Gasteiger partial charge in [-0.15, -0.1) is 0 Å². The summed E-state index contributed by atoms with van der Waals surface area (Å²) in [6.45, 7) is 0.00389. The highest BCUT2D eigenvalue weighted by molar-refractivity contribution is 5.83. The molecule has 0 bridgehead atoms. The van der Waals surface area contributed by atoms with Crippen LogP contribution in [0.25, 0.3) is 16.7 Å². The smallest absolute Gasteiger partial charge is 0.143 e. The van der Waals surface area contributed by atoms with Crippen LogP contribution in [-0.2, 0) is 6.42 Å². The van der Waals surface area contributed by atoms with Crippen molar-refractivity contribution in [3.05, 3.63) is 67.1 Å². The van der Waals surface area contributed by atoms with Gasteiger partial charge >= 0.3 is 0 Å². The van der Waals surface area contributed by atoms with Gasteiger partial charge in [-0.1, -0.05) is 18.2 Å². The predicted octanol–water partition coefficient (Wildman–Crippen LogP) is 2.16. The van der Waals surface area contributed by atoms with Gasteiger partial charge in [-0.25, -0.2) is 15.0 Å². The number of aliphatic hydroxyl groups excluding tert-OH is 1. The van der Waals surface area contributed by atoms with Gasteiger partial charge < -0.3 is 15.4 Å². The van der Waals surface area contributed by atoms with Crippen LogP contribution in [0.3, 0.4) is 0 Å². The first kappa shape index (κ1) is 15.3. The quantitative estimate of drug-likeness (QED) is 0.502. The van der Waals surface area contributed by atoms with E-state index in [4.69, 9.17) is 0 Å². The fourth-order valence-electron chi connectivity index (χ4n) is 2.90. The van der Waals surface area contributed by atoms with Crippen molar-refractivity contribution in [2.24, 2.45) is 0 Å². The number of hydrogen-bond acceptors (Lipinski definition) is 5. The lowest BCUT2D eigenvalue weighted by atomic mass is 10.1. The summed E-state index contributed by atoms with van der Waals surface area (Å²) in [5.74, 6) is 1.39. The second-order valence-electron chi connectivity index (χ2n) is 5.82. The Balaban J connectivity index is 1.53. The monoisotopic (exact) mass is 334 g/mol. The van der Waals surface area contributed by atoms with E-state index in [1.165, 1.54) is 11.7 Å². The second kappa shape index (κ2) is 6.74. The van der Waals surface area contributed by atoms with Crippen molar-refractivity contribution < 1.29 is 5.11 Å². The molecule has 7 heteroatoms. The van der Waals surface area contributed by atoms with Gasteiger partial charge in [-0.05, 0) is 18.1 Å². The van der Waals surface area contributed by atoms with E-state index >= 15 is 0 Å². The first-order valence-corrected chi connectivity index (χ1v) is 8.06. The van der Waals surface area contributed by atoms with E-state index in [-0.39, 0.29) is 12.6 Å². The second-order valence-corrected chi connectivity index (χ2v) is 5.82. The van der Waals surface area contributed by atoms with Crippen LogP contribution in [-0.4, -0.2) is 42.3 Å². The van der Waals surface area contributed by atoms with Crippen molar-refractivity contribution >= 4 is 16.7 Å². The van der Waals surface area contributed by atoms with E-state index in [1.807, 2.05) is 36.7 Å². The molecule has 0 spiro atoms. The van der Waals surface area contributed by atoms with Crippen LogP contribution in [0, 0.1) is 0 Å². The zero-order chi connectivity index (χ0) is 17.1. The molecule has 4 rings (SSSR count). The third kappa shape index (κ3) is 3.22. The molecule has 3 aromatic heterocycles. The maximum Gasteiger partial charge on any atom is 0.143 e. The lowest BCUT2D eigenvalue weighted by molar-refractivity contribution is 0.273. The average molecular weight is 334 g/mol.